The number of nitrogens with one attached hydrogen (secondary N) is 1. The van der Waals surface area contributed by atoms with E-state index >= 15 is 0 Å². The van der Waals surface area contributed by atoms with Gasteiger partial charge in [0.25, 0.3) is 5.91 Å². The van der Waals surface area contributed by atoms with E-state index in [-0.39, 0.29) is 18.3 Å². The van der Waals surface area contributed by atoms with Gasteiger partial charge >= 0.3 is 0 Å². The second-order valence-electron chi connectivity index (χ2n) is 5.91. The molecule has 6 nitrogen and oxygen atoms in total. The number of ether oxygens (including phenoxy) is 1. The normalized spacial score (nSPS) is 21.8. The number of nitrogens with zero attached hydrogens (tertiary/aromatic N) is 3. The summed E-state index contributed by atoms with van der Waals surface area (Å²) in [6.45, 7) is 0.683. The molecule has 1 unspecified atom stereocenters. The van der Waals surface area contributed by atoms with Gasteiger partial charge in [-0.15, -0.1) is 0 Å². The third-order valence-corrected chi connectivity index (χ3v) is 4.34. The maximum atomic E-state index is 13.4. The molecule has 1 saturated heterocycles. The van der Waals surface area contributed by atoms with Gasteiger partial charge in [-0.05, 0) is 23.8 Å². The maximum absolute atomic E-state index is 13.4. The Morgan fingerprint density at radius 2 is 2.25 bits per heavy atom. The summed E-state index contributed by atoms with van der Waals surface area (Å²) >= 11 is 0. The smallest absolute Gasteiger partial charge is 0.270 e. The molecule has 2 aliphatic rings. The van der Waals surface area contributed by atoms with Crippen molar-refractivity contribution in [2.75, 3.05) is 18.4 Å². The van der Waals surface area contributed by atoms with Crippen molar-refractivity contribution in [3.05, 3.63) is 42.3 Å². The molecule has 1 amide bonds. The number of halogens is 1. The fourth-order valence-electron chi connectivity index (χ4n) is 3.05. The number of rotatable bonds is 1. The lowest BCUT2D eigenvalue weighted by molar-refractivity contribution is -0.131. The van der Waals surface area contributed by atoms with Crippen molar-refractivity contribution in [1.82, 2.24) is 9.88 Å². The summed E-state index contributed by atoms with van der Waals surface area (Å²) in [5.41, 5.74) is 0.716. The van der Waals surface area contributed by atoms with Crippen LogP contribution in [0.1, 0.15) is 6.42 Å². The van der Waals surface area contributed by atoms with Gasteiger partial charge < -0.3 is 15.0 Å². The number of nitriles is 1. The molecule has 1 aromatic heterocycles. The van der Waals surface area contributed by atoms with Crippen molar-refractivity contribution in [2.24, 2.45) is 0 Å². The number of hydrogen-bond acceptors (Lipinski definition) is 5. The van der Waals surface area contributed by atoms with Crippen LogP contribution in [0.2, 0.25) is 0 Å². The van der Waals surface area contributed by atoms with Crippen LogP contribution in [0.3, 0.4) is 0 Å². The molecule has 120 valence electrons. The van der Waals surface area contributed by atoms with Crippen LogP contribution in [-0.2, 0) is 4.79 Å². The number of carbonyl (C=O) groups is 1. The highest BCUT2D eigenvalue weighted by molar-refractivity contribution is 6.01. The van der Waals surface area contributed by atoms with Crippen molar-refractivity contribution in [2.45, 2.75) is 12.0 Å². The average Bonchev–Trinajstić information content (AvgIpc) is 3.00. The summed E-state index contributed by atoms with van der Waals surface area (Å²) in [5, 5.41) is 11.8. The Morgan fingerprint density at radius 1 is 1.38 bits per heavy atom. The molecule has 1 N–H and O–H groups in total. The molecule has 7 heteroatoms. The topological polar surface area (TPSA) is 78.2 Å². The number of pyridine rings is 1. The molecule has 1 aromatic carbocycles. The van der Waals surface area contributed by atoms with Crippen LogP contribution in [0, 0.1) is 17.3 Å². The minimum Gasteiger partial charge on any atom is -0.457 e. The third kappa shape index (κ3) is 2.24. The van der Waals surface area contributed by atoms with Gasteiger partial charge in [0.05, 0.1) is 6.54 Å². The van der Waals surface area contributed by atoms with E-state index in [2.05, 4.69) is 10.3 Å². The van der Waals surface area contributed by atoms with Crippen molar-refractivity contribution in [3.63, 3.8) is 0 Å². The number of hydrogen-bond donors (Lipinski definition) is 1. The molecule has 4 rings (SSSR count). The summed E-state index contributed by atoms with van der Waals surface area (Å²) in [7, 11) is 0. The predicted octanol–water partition coefficient (Wildman–Crippen LogP) is 2.14. The number of benzene rings is 1. The molecule has 0 bridgehead atoms. The standard InChI is InChI=1S/C17H13FN4O2/c18-13-3-1-2-11(6-13)12-7-14-15(20-8-12)24-17(16(23)21-14)4-5-22(9-17)10-19/h1-3,6-8H,4-5,9H2,(H,21,23). The summed E-state index contributed by atoms with van der Waals surface area (Å²) in [6, 6.07) is 7.85. The van der Waals surface area contributed by atoms with E-state index in [4.69, 9.17) is 10.00 Å². The van der Waals surface area contributed by atoms with E-state index < -0.39 is 5.60 Å². The van der Waals surface area contributed by atoms with Crippen LogP contribution >= 0.6 is 0 Å². The first-order valence-corrected chi connectivity index (χ1v) is 7.51. The molecule has 0 aliphatic carbocycles. The number of likely N-dealkylation sites (tertiary alicyclic amines) is 1. The monoisotopic (exact) mass is 324 g/mol. The molecule has 2 aliphatic heterocycles. The second-order valence-corrected chi connectivity index (χ2v) is 5.91. The number of aromatic nitrogens is 1. The van der Waals surface area contributed by atoms with Gasteiger partial charge in [-0.25, -0.2) is 9.37 Å². The van der Waals surface area contributed by atoms with E-state index in [1.165, 1.54) is 17.0 Å². The van der Waals surface area contributed by atoms with Crippen LogP contribution in [-0.4, -0.2) is 34.5 Å². The van der Waals surface area contributed by atoms with E-state index in [9.17, 15) is 9.18 Å². The first kappa shape index (κ1) is 14.5. The third-order valence-electron chi connectivity index (χ3n) is 4.34. The van der Waals surface area contributed by atoms with Gasteiger partial charge in [-0.1, -0.05) is 12.1 Å². The first-order chi connectivity index (χ1) is 11.6. The van der Waals surface area contributed by atoms with Gasteiger partial charge in [0.1, 0.15) is 11.5 Å². The van der Waals surface area contributed by atoms with Crippen LogP contribution in [0.4, 0.5) is 10.1 Å². The molecule has 1 fully saturated rings. The Morgan fingerprint density at radius 3 is 3.00 bits per heavy atom. The van der Waals surface area contributed by atoms with Gasteiger partial charge in [0.15, 0.2) is 6.19 Å². The molecule has 24 heavy (non-hydrogen) atoms. The quantitative estimate of drug-likeness (QED) is 0.813. The van der Waals surface area contributed by atoms with E-state index in [0.29, 0.717) is 35.7 Å². The van der Waals surface area contributed by atoms with Crippen molar-refractivity contribution in [3.8, 4) is 23.2 Å². The predicted molar refractivity (Wildman–Crippen MR) is 83.4 cm³/mol. The minimum atomic E-state index is -1.07. The number of amides is 1. The highest BCUT2D eigenvalue weighted by Crippen LogP contribution is 2.38. The molecule has 1 atom stereocenters. The van der Waals surface area contributed by atoms with E-state index in [1.54, 1.807) is 24.4 Å². The van der Waals surface area contributed by atoms with E-state index in [1.807, 2.05) is 6.19 Å². The zero-order valence-corrected chi connectivity index (χ0v) is 12.6. The Kier molecular flexibility index (Phi) is 3.13. The molecular weight excluding hydrogens is 311 g/mol. The molecule has 0 radical (unpaired) electrons. The van der Waals surface area contributed by atoms with Gasteiger partial charge in [-0.3, -0.25) is 4.79 Å². The van der Waals surface area contributed by atoms with Crippen molar-refractivity contribution in [1.29, 1.82) is 5.26 Å². The van der Waals surface area contributed by atoms with Crippen LogP contribution < -0.4 is 10.1 Å². The van der Waals surface area contributed by atoms with Crippen LogP contribution in [0.25, 0.3) is 11.1 Å². The van der Waals surface area contributed by atoms with Gasteiger partial charge in [0, 0.05) is 24.7 Å². The molecule has 1 spiro atoms. The zero-order valence-electron chi connectivity index (χ0n) is 12.6. The number of fused-ring (bicyclic) bond motifs is 1. The molecule has 0 saturated carbocycles. The molecule has 2 aromatic rings. The second kappa shape index (κ2) is 5.20. The van der Waals surface area contributed by atoms with Crippen LogP contribution in [0.5, 0.6) is 5.88 Å². The zero-order chi connectivity index (χ0) is 16.7. The lowest BCUT2D eigenvalue weighted by Gasteiger charge is -2.33. The molecule has 3 heterocycles. The fraction of sp³-hybridized carbons (Fsp3) is 0.235. The van der Waals surface area contributed by atoms with Crippen molar-refractivity contribution < 1.29 is 13.9 Å². The van der Waals surface area contributed by atoms with Crippen molar-refractivity contribution >= 4 is 11.6 Å². The Bertz CT molecular complexity index is 879. The van der Waals surface area contributed by atoms with E-state index in [0.717, 1.165) is 0 Å². The number of anilines is 1. The summed E-state index contributed by atoms with van der Waals surface area (Å²) in [4.78, 5) is 18.2. The first-order valence-electron chi connectivity index (χ1n) is 7.51. The Balaban J connectivity index is 1.68. The minimum absolute atomic E-state index is 0.210. The highest BCUT2D eigenvalue weighted by atomic mass is 19.1. The summed E-state index contributed by atoms with van der Waals surface area (Å²) in [5.74, 6) is -0.313. The Labute approximate surface area is 137 Å². The summed E-state index contributed by atoms with van der Waals surface area (Å²) in [6.07, 6.45) is 4.04. The lowest BCUT2D eigenvalue weighted by Crippen LogP contribution is -2.52. The summed E-state index contributed by atoms with van der Waals surface area (Å²) < 4.78 is 19.2. The SMILES string of the molecule is N#CN1CCC2(C1)Oc1ncc(-c3cccc(F)c3)cc1NC2=O. The van der Waals surface area contributed by atoms with Gasteiger partial charge in [0.2, 0.25) is 11.5 Å². The van der Waals surface area contributed by atoms with Gasteiger partial charge in [-0.2, -0.15) is 5.26 Å². The largest absolute Gasteiger partial charge is 0.457 e. The van der Waals surface area contributed by atoms with Crippen LogP contribution in [0.15, 0.2) is 36.5 Å². The Hall–Kier alpha value is -3.14. The number of carbonyl (C=O) groups excluding carboxylic acids is 1. The fourth-order valence-corrected chi connectivity index (χ4v) is 3.05. The lowest BCUT2D eigenvalue weighted by atomic mass is 9.99. The average molecular weight is 324 g/mol. The maximum Gasteiger partial charge on any atom is 0.270 e. The molecular formula is C17H13FN4O2. The highest BCUT2D eigenvalue weighted by Gasteiger charge is 2.50.